The summed E-state index contributed by atoms with van der Waals surface area (Å²) in [5.74, 6) is 0. The fourth-order valence-corrected chi connectivity index (χ4v) is 2.65. The first kappa shape index (κ1) is 13.6. The van der Waals surface area contributed by atoms with Gasteiger partial charge in [-0.3, -0.25) is 0 Å². The van der Waals surface area contributed by atoms with Crippen molar-refractivity contribution < 1.29 is 13.2 Å². The normalized spacial score (nSPS) is 11.3. The topological polar surface area (TPSA) is 0 Å². The van der Waals surface area contributed by atoms with E-state index >= 15 is 0 Å². The minimum Gasteiger partial charge on any atom is -0.166 e. The molecule has 0 unspecified atom stereocenters. The molecule has 0 atom stereocenters. The van der Waals surface area contributed by atoms with Crippen LogP contribution < -0.4 is 5.19 Å². The second kappa shape index (κ2) is 5.44. The zero-order chi connectivity index (χ0) is 13.9. The van der Waals surface area contributed by atoms with Crippen LogP contribution >= 0.6 is 0 Å². The maximum Gasteiger partial charge on any atom is 0.416 e. The summed E-state index contributed by atoms with van der Waals surface area (Å²) in [5.41, 5.74) is 0.113. The summed E-state index contributed by atoms with van der Waals surface area (Å²) in [5, 5.41) is 1.95. The number of halogens is 3. The van der Waals surface area contributed by atoms with E-state index in [1.807, 2.05) is 30.3 Å². The summed E-state index contributed by atoms with van der Waals surface area (Å²) >= 11 is 0. The Morgan fingerprint density at radius 3 is 2.00 bits per heavy atom. The SMILES string of the molecule is C=C([Si]c1ccccc1)c1ccc(C(F)(F)F)cc1. The van der Waals surface area contributed by atoms with Gasteiger partial charge in [-0.2, -0.15) is 13.2 Å². The molecule has 0 aliphatic carbocycles. The van der Waals surface area contributed by atoms with Gasteiger partial charge in [0.05, 0.1) is 5.56 Å². The van der Waals surface area contributed by atoms with Crippen molar-refractivity contribution in [2.45, 2.75) is 6.18 Å². The third-order valence-electron chi connectivity index (χ3n) is 2.63. The van der Waals surface area contributed by atoms with Gasteiger partial charge in [-0.1, -0.05) is 59.4 Å². The molecule has 0 saturated carbocycles. The van der Waals surface area contributed by atoms with E-state index in [9.17, 15) is 13.2 Å². The third kappa shape index (κ3) is 3.58. The van der Waals surface area contributed by atoms with Crippen LogP contribution in [0.2, 0.25) is 0 Å². The molecule has 96 valence electrons. The zero-order valence-electron chi connectivity index (χ0n) is 10.0. The molecule has 0 nitrogen and oxygen atoms in total. The van der Waals surface area contributed by atoms with Crippen LogP contribution in [0.3, 0.4) is 0 Å². The molecule has 4 heteroatoms. The monoisotopic (exact) mass is 276 g/mol. The molecule has 0 fully saturated rings. The molecule has 0 spiro atoms. The lowest BCUT2D eigenvalue weighted by molar-refractivity contribution is -0.137. The van der Waals surface area contributed by atoms with E-state index in [0.29, 0.717) is 9.52 Å². The van der Waals surface area contributed by atoms with Crippen LogP contribution in [0.15, 0.2) is 61.2 Å². The lowest BCUT2D eigenvalue weighted by Gasteiger charge is -2.09. The van der Waals surface area contributed by atoms with Crippen molar-refractivity contribution in [3.05, 3.63) is 72.3 Å². The van der Waals surface area contributed by atoms with Crippen LogP contribution in [0, 0.1) is 0 Å². The van der Waals surface area contributed by atoms with Crippen molar-refractivity contribution in [3.8, 4) is 0 Å². The molecule has 0 aromatic heterocycles. The van der Waals surface area contributed by atoms with Gasteiger partial charge in [0.1, 0.15) is 9.52 Å². The van der Waals surface area contributed by atoms with Gasteiger partial charge in [-0.25, -0.2) is 0 Å². The molecular formula is C15H11F3Si. The van der Waals surface area contributed by atoms with Crippen LogP contribution in [0.25, 0.3) is 5.20 Å². The number of alkyl halides is 3. The smallest absolute Gasteiger partial charge is 0.166 e. The number of rotatable bonds is 3. The number of hydrogen-bond donors (Lipinski definition) is 0. The third-order valence-corrected chi connectivity index (χ3v) is 3.84. The zero-order valence-corrected chi connectivity index (χ0v) is 11.0. The number of benzene rings is 2. The summed E-state index contributed by atoms with van der Waals surface area (Å²) in [6.07, 6.45) is -4.29. The average molecular weight is 276 g/mol. The van der Waals surface area contributed by atoms with Crippen molar-refractivity contribution in [3.63, 3.8) is 0 Å². The Balaban J connectivity index is 2.12. The second-order valence-electron chi connectivity index (χ2n) is 4.04. The van der Waals surface area contributed by atoms with Gasteiger partial charge in [-0.15, -0.1) is 0 Å². The molecular weight excluding hydrogens is 265 g/mol. The Kier molecular flexibility index (Phi) is 3.90. The molecule has 0 aliphatic heterocycles. The highest BCUT2D eigenvalue weighted by atomic mass is 28.2. The van der Waals surface area contributed by atoms with Gasteiger partial charge in [0, 0.05) is 0 Å². The number of hydrogen-bond acceptors (Lipinski definition) is 0. The van der Waals surface area contributed by atoms with E-state index in [4.69, 9.17) is 0 Å². The van der Waals surface area contributed by atoms with Crippen LogP contribution in [-0.2, 0) is 6.18 Å². The van der Waals surface area contributed by atoms with Gasteiger partial charge in [-0.05, 0) is 17.7 Å². The van der Waals surface area contributed by atoms with Crippen molar-refractivity contribution in [2.75, 3.05) is 0 Å². The van der Waals surface area contributed by atoms with Crippen molar-refractivity contribution in [1.82, 2.24) is 0 Å². The minimum atomic E-state index is -4.29. The van der Waals surface area contributed by atoms with Gasteiger partial charge < -0.3 is 0 Å². The molecule has 0 bridgehead atoms. The fourth-order valence-electron chi connectivity index (χ4n) is 1.63. The first-order valence-corrected chi connectivity index (χ1v) is 6.65. The van der Waals surface area contributed by atoms with Gasteiger partial charge >= 0.3 is 6.18 Å². The molecule has 0 aliphatic rings. The molecule has 2 aromatic carbocycles. The highest BCUT2D eigenvalue weighted by molar-refractivity contribution is 6.72. The largest absolute Gasteiger partial charge is 0.416 e. The summed E-state index contributed by atoms with van der Waals surface area (Å²) in [7, 11) is 0.363. The van der Waals surface area contributed by atoms with Crippen LogP contribution in [-0.4, -0.2) is 9.52 Å². The van der Waals surface area contributed by atoms with E-state index in [-0.39, 0.29) is 0 Å². The van der Waals surface area contributed by atoms with Crippen molar-refractivity contribution in [1.29, 1.82) is 0 Å². The Morgan fingerprint density at radius 2 is 1.47 bits per heavy atom. The van der Waals surface area contributed by atoms with Crippen LogP contribution in [0.1, 0.15) is 11.1 Å². The maximum atomic E-state index is 12.4. The molecule has 19 heavy (non-hydrogen) atoms. The molecule has 0 saturated heterocycles. The second-order valence-corrected chi connectivity index (χ2v) is 5.48. The Bertz CT molecular complexity index is 556. The summed E-state index contributed by atoms with van der Waals surface area (Å²) < 4.78 is 37.3. The molecule has 2 radical (unpaired) electrons. The Morgan fingerprint density at radius 1 is 0.895 bits per heavy atom. The molecule has 2 aromatic rings. The summed E-state index contributed by atoms with van der Waals surface area (Å²) in [6, 6.07) is 14.9. The predicted octanol–water partition coefficient (Wildman–Crippen LogP) is 3.71. The van der Waals surface area contributed by atoms with Crippen LogP contribution in [0.5, 0.6) is 0 Å². The molecule has 0 N–H and O–H groups in total. The van der Waals surface area contributed by atoms with Gasteiger partial charge in [0.2, 0.25) is 0 Å². The quantitative estimate of drug-likeness (QED) is 0.750. The van der Waals surface area contributed by atoms with E-state index in [0.717, 1.165) is 28.1 Å². The van der Waals surface area contributed by atoms with E-state index in [1.165, 1.54) is 12.1 Å². The lowest BCUT2D eigenvalue weighted by atomic mass is 10.1. The highest BCUT2D eigenvalue weighted by Crippen LogP contribution is 2.29. The lowest BCUT2D eigenvalue weighted by Crippen LogP contribution is -2.14. The van der Waals surface area contributed by atoms with E-state index in [1.54, 1.807) is 0 Å². The molecule has 0 heterocycles. The first-order valence-electron chi connectivity index (χ1n) is 5.65. The highest BCUT2D eigenvalue weighted by Gasteiger charge is 2.29. The Labute approximate surface area is 112 Å². The van der Waals surface area contributed by atoms with E-state index < -0.39 is 11.7 Å². The molecule has 0 amide bonds. The van der Waals surface area contributed by atoms with Crippen molar-refractivity contribution in [2.24, 2.45) is 0 Å². The molecule has 2 rings (SSSR count). The standard InChI is InChI=1S/C15H11F3Si/c1-11(19-14-5-3-2-4-6-14)12-7-9-13(10-8-12)15(16,17)18/h2-10H,1H2. The maximum absolute atomic E-state index is 12.4. The van der Waals surface area contributed by atoms with Gasteiger partial charge in [0.15, 0.2) is 0 Å². The summed E-state index contributed by atoms with van der Waals surface area (Å²) in [6.45, 7) is 3.94. The first-order chi connectivity index (χ1) is 8.97. The van der Waals surface area contributed by atoms with Crippen molar-refractivity contribution >= 4 is 19.9 Å². The van der Waals surface area contributed by atoms with E-state index in [2.05, 4.69) is 6.58 Å². The van der Waals surface area contributed by atoms with Crippen LogP contribution in [0.4, 0.5) is 13.2 Å². The minimum absolute atomic E-state index is 0.363. The average Bonchev–Trinajstić information content (AvgIpc) is 2.39. The summed E-state index contributed by atoms with van der Waals surface area (Å²) in [4.78, 5) is 0. The Hall–Kier alpha value is -1.81. The van der Waals surface area contributed by atoms with Gasteiger partial charge in [0.25, 0.3) is 0 Å². The predicted molar refractivity (Wildman–Crippen MR) is 72.3 cm³/mol. The fraction of sp³-hybridized carbons (Fsp3) is 0.0667.